The number of halogens is 2. The van der Waals surface area contributed by atoms with Crippen LogP contribution >= 0.6 is 11.3 Å². The summed E-state index contributed by atoms with van der Waals surface area (Å²) < 4.78 is 54.1. The van der Waals surface area contributed by atoms with E-state index >= 15 is 8.78 Å². The fourth-order valence-corrected chi connectivity index (χ4v) is 6.19. The molecule has 14 heteroatoms. The highest BCUT2D eigenvalue weighted by molar-refractivity contribution is 7.23. The summed E-state index contributed by atoms with van der Waals surface area (Å²) in [6.45, 7) is 7.47. The fourth-order valence-electron chi connectivity index (χ4n) is 5.15. The Kier molecular flexibility index (Phi) is 7.59. The van der Waals surface area contributed by atoms with Gasteiger partial charge >= 0.3 is 12.1 Å². The topological polar surface area (TPSA) is 132 Å². The van der Waals surface area contributed by atoms with Crippen LogP contribution in [0.2, 0.25) is 0 Å². The largest absolute Gasteiger partial charge is 0.462 e. The number of anilines is 1. The third-order valence-electron chi connectivity index (χ3n) is 7.24. The van der Waals surface area contributed by atoms with Gasteiger partial charge in [-0.2, -0.15) is 10.2 Å². The first-order chi connectivity index (χ1) is 20.6. The second-order valence-electron chi connectivity index (χ2n) is 11.3. The van der Waals surface area contributed by atoms with Gasteiger partial charge in [0.05, 0.1) is 54.6 Å². The van der Waals surface area contributed by atoms with E-state index in [9.17, 15) is 10.1 Å². The van der Waals surface area contributed by atoms with Crippen molar-refractivity contribution >= 4 is 43.4 Å². The van der Waals surface area contributed by atoms with E-state index in [2.05, 4.69) is 25.2 Å². The van der Waals surface area contributed by atoms with Crippen LogP contribution in [0.25, 0.3) is 32.2 Å². The highest BCUT2D eigenvalue weighted by Crippen LogP contribution is 2.45. The Labute approximate surface area is 249 Å². The lowest BCUT2D eigenvalue weighted by molar-refractivity contribution is -0.0119. The molecule has 1 aromatic carbocycles. The highest BCUT2D eigenvalue weighted by atomic mass is 32.1. The second-order valence-corrected chi connectivity index (χ2v) is 12.3. The number of pyridine rings is 1. The van der Waals surface area contributed by atoms with Gasteiger partial charge in [0.25, 0.3) is 0 Å². The number of fused-ring (bicyclic) bond motifs is 4. The number of amides is 1. The fraction of sp³-hybridized carbons (Fsp3) is 0.414. The van der Waals surface area contributed by atoms with Crippen molar-refractivity contribution in [1.82, 2.24) is 19.9 Å². The zero-order valence-corrected chi connectivity index (χ0v) is 24.7. The van der Waals surface area contributed by atoms with Crippen molar-refractivity contribution in [2.24, 2.45) is 0 Å². The number of aromatic nitrogens is 3. The molecule has 1 amide bonds. The van der Waals surface area contributed by atoms with Gasteiger partial charge < -0.3 is 18.9 Å². The van der Waals surface area contributed by atoms with Gasteiger partial charge in [0.15, 0.2) is 11.6 Å². The number of nitriles is 1. The number of carbonyl (C=O) groups is 1. The summed E-state index contributed by atoms with van der Waals surface area (Å²) >= 11 is 0.841. The zero-order chi connectivity index (χ0) is 30.5. The lowest BCUT2D eigenvalue weighted by Crippen LogP contribution is -2.46. The average Bonchev–Trinajstić information content (AvgIpc) is 3.58. The van der Waals surface area contributed by atoms with Crippen LogP contribution < -0.4 is 10.1 Å². The van der Waals surface area contributed by atoms with Crippen molar-refractivity contribution in [3.63, 3.8) is 0 Å². The monoisotopic (exact) mass is 610 g/mol. The number of morpholine rings is 1. The van der Waals surface area contributed by atoms with Crippen molar-refractivity contribution < 1.29 is 32.5 Å². The van der Waals surface area contributed by atoms with Gasteiger partial charge in [-0.3, -0.25) is 15.2 Å². The summed E-state index contributed by atoms with van der Waals surface area (Å²) in [5, 5.41) is 13.2. The predicted molar refractivity (Wildman–Crippen MR) is 154 cm³/mol. The van der Waals surface area contributed by atoms with Gasteiger partial charge in [-0.05, 0) is 38.9 Å². The van der Waals surface area contributed by atoms with E-state index in [1.807, 2.05) is 13.1 Å². The minimum absolute atomic E-state index is 0.00921. The first-order valence-electron chi connectivity index (χ1n) is 13.6. The van der Waals surface area contributed by atoms with E-state index in [1.54, 1.807) is 20.8 Å². The van der Waals surface area contributed by atoms with E-state index < -0.39 is 23.3 Å². The average molecular weight is 611 g/mol. The molecule has 1 saturated heterocycles. The minimum Gasteiger partial charge on any atom is -0.462 e. The first kappa shape index (κ1) is 29.1. The third-order valence-corrected chi connectivity index (χ3v) is 8.35. The van der Waals surface area contributed by atoms with Crippen LogP contribution in [-0.4, -0.2) is 71.0 Å². The van der Waals surface area contributed by atoms with Gasteiger partial charge in [-0.1, -0.05) is 0 Å². The Balaban J connectivity index is 1.47. The molecule has 0 radical (unpaired) electrons. The molecular weight excluding hydrogens is 582 g/mol. The molecule has 224 valence electrons. The van der Waals surface area contributed by atoms with Crippen LogP contribution in [-0.2, 0) is 27.4 Å². The smallest absolute Gasteiger partial charge is 0.412 e. The van der Waals surface area contributed by atoms with Gasteiger partial charge in [-0.25, -0.2) is 18.6 Å². The maximum atomic E-state index is 16.6. The van der Waals surface area contributed by atoms with Crippen LogP contribution in [0.5, 0.6) is 6.01 Å². The SMILES string of the molecule is CN1CCOC[C@H]1COc1ncc2c3c(c(-c4ncc(F)c5sc(NC(=O)OC(C)(C)C)c(C#N)c45)c(F)c2n1)COC3. The van der Waals surface area contributed by atoms with Crippen molar-refractivity contribution in [2.75, 3.05) is 38.7 Å². The molecule has 2 aliphatic rings. The maximum absolute atomic E-state index is 16.6. The van der Waals surface area contributed by atoms with Gasteiger partial charge in [0.2, 0.25) is 0 Å². The molecule has 0 bridgehead atoms. The Morgan fingerprint density at radius 3 is 2.77 bits per heavy atom. The van der Waals surface area contributed by atoms with Crippen LogP contribution in [0.3, 0.4) is 0 Å². The number of benzene rings is 1. The van der Waals surface area contributed by atoms with E-state index in [1.165, 1.54) is 6.20 Å². The molecule has 2 aliphatic heterocycles. The Morgan fingerprint density at radius 2 is 2.02 bits per heavy atom. The number of hydrogen-bond acceptors (Lipinski definition) is 11. The molecule has 4 aromatic rings. The molecular formula is C29H28F2N6O5S. The van der Waals surface area contributed by atoms with Crippen LogP contribution in [0.15, 0.2) is 12.4 Å². The lowest BCUT2D eigenvalue weighted by atomic mass is 9.94. The maximum Gasteiger partial charge on any atom is 0.412 e. The number of carbonyl (C=O) groups excluding carboxylic acids is 1. The quantitative estimate of drug-likeness (QED) is 0.324. The van der Waals surface area contributed by atoms with Crippen molar-refractivity contribution in [3.8, 4) is 23.3 Å². The van der Waals surface area contributed by atoms with Crippen LogP contribution in [0.1, 0.15) is 37.5 Å². The standard InChI is InChI=1S/C29H28F2N6O5S/c1-29(2,3)42-28(38)36-26-15(7-32)21-24(33-9-19(30)25(21)43-26)20-18-13-40-12-17(18)16-8-34-27(35-23(16)22(20)31)41-11-14-10-39-6-5-37(14)4/h8-9,14H,5-6,10-13H2,1-4H3,(H,36,38)/t14-/m0/s1. The molecule has 0 aliphatic carbocycles. The molecule has 1 atom stereocenters. The summed E-state index contributed by atoms with van der Waals surface area (Å²) in [7, 11) is 1.97. The first-order valence-corrected chi connectivity index (χ1v) is 14.4. The molecule has 0 spiro atoms. The number of hydrogen-bond donors (Lipinski definition) is 1. The van der Waals surface area contributed by atoms with E-state index in [-0.39, 0.29) is 69.3 Å². The number of thiophene rings is 1. The Morgan fingerprint density at radius 1 is 1.23 bits per heavy atom. The number of ether oxygens (including phenoxy) is 4. The third kappa shape index (κ3) is 5.45. The van der Waals surface area contributed by atoms with E-state index in [0.29, 0.717) is 29.7 Å². The number of nitrogens with zero attached hydrogens (tertiary/aromatic N) is 5. The summed E-state index contributed by atoms with van der Waals surface area (Å²) in [5.41, 5.74) is 0.352. The van der Waals surface area contributed by atoms with Gasteiger partial charge in [-0.15, -0.1) is 11.3 Å². The molecule has 1 fully saturated rings. The van der Waals surface area contributed by atoms with E-state index in [4.69, 9.17) is 18.9 Å². The molecule has 0 saturated carbocycles. The minimum atomic E-state index is -0.813. The number of nitrogens with one attached hydrogen (secondary N) is 1. The summed E-state index contributed by atoms with van der Waals surface area (Å²) in [5.74, 6) is -1.46. The Bertz CT molecular complexity index is 1800. The lowest BCUT2D eigenvalue weighted by Gasteiger charge is -2.31. The van der Waals surface area contributed by atoms with Gasteiger partial charge in [0.1, 0.15) is 28.8 Å². The van der Waals surface area contributed by atoms with Crippen molar-refractivity contribution in [2.45, 2.75) is 45.6 Å². The molecule has 0 unspecified atom stereocenters. The molecule has 1 N–H and O–H groups in total. The van der Waals surface area contributed by atoms with Crippen molar-refractivity contribution in [1.29, 1.82) is 5.26 Å². The van der Waals surface area contributed by atoms with Crippen LogP contribution in [0, 0.1) is 23.0 Å². The summed E-state index contributed by atoms with van der Waals surface area (Å²) in [6, 6.07) is 2.01. The Hall–Kier alpha value is -4.03. The molecule has 6 rings (SSSR count). The highest BCUT2D eigenvalue weighted by Gasteiger charge is 2.31. The molecule has 3 aromatic heterocycles. The number of likely N-dealkylation sites (N-methyl/N-ethyl adjacent to an activating group) is 1. The summed E-state index contributed by atoms with van der Waals surface area (Å²) in [6.07, 6.45) is 1.66. The predicted octanol–water partition coefficient (Wildman–Crippen LogP) is 5.14. The van der Waals surface area contributed by atoms with Gasteiger partial charge in [0, 0.05) is 29.1 Å². The summed E-state index contributed by atoms with van der Waals surface area (Å²) in [4.78, 5) is 27.6. The normalized spacial score (nSPS) is 17.2. The second kappa shape index (κ2) is 11.2. The van der Waals surface area contributed by atoms with Crippen molar-refractivity contribution in [3.05, 3.63) is 40.7 Å². The number of rotatable bonds is 5. The molecule has 43 heavy (non-hydrogen) atoms. The molecule has 5 heterocycles. The van der Waals surface area contributed by atoms with E-state index in [0.717, 1.165) is 24.1 Å². The molecule has 11 nitrogen and oxygen atoms in total. The van der Waals surface area contributed by atoms with Crippen LogP contribution in [0.4, 0.5) is 18.6 Å². The zero-order valence-electron chi connectivity index (χ0n) is 23.9.